The summed E-state index contributed by atoms with van der Waals surface area (Å²) < 4.78 is 36.8. The van der Waals surface area contributed by atoms with Crippen molar-refractivity contribution >= 4 is 17.4 Å². The first kappa shape index (κ1) is 21.8. The van der Waals surface area contributed by atoms with Crippen LogP contribution in [0.2, 0.25) is 0 Å². The molecule has 1 spiro atoms. The molecule has 9 nitrogen and oxygen atoms in total. The van der Waals surface area contributed by atoms with Gasteiger partial charge in [-0.1, -0.05) is 12.1 Å². The maximum atomic E-state index is 14.4. The van der Waals surface area contributed by atoms with E-state index in [2.05, 4.69) is 15.3 Å². The van der Waals surface area contributed by atoms with Gasteiger partial charge in [0.2, 0.25) is 6.79 Å². The molecule has 180 valence electrons. The second-order valence-corrected chi connectivity index (χ2v) is 8.53. The number of anilines is 2. The molecule has 6 rings (SSSR count). The van der Waals surface area contributed by atoms with E-state index in [0.29, 0.717) is 62.0 Å². The van der Waals surface area contributed by atoms with Crippen LogP contribution < -0.4 is 14.8 Å². The molecule has 4 heterocycles. The number of para-hydroxylation sites is 1. The summed E-state index contributed by atoms with van der Waals surface area (Å²) in [4.78, 5) is 24.3. The number of piperidine rings is 1. The summed E-state index contributed by atoms with van der Waals surface area (Å²) in [5.41, 5.74) is 1.14. The Morgan fingerprint density at radius 1 is 1.03 bits per heavy atom. The Hall–Kier alpha value is -3.76. The van der Waals surface area contributed by atoms with E-state index < -0.39 is 11.6 Å². The van der Waals surface area contributed by atoms with Gasteiger partial charge in [0, 0.05) is 37.7 Å². The third-order valence-corrected chi connectivity index (χ3v) is 6.40. The van der Waals surface area contributed by atoms with Crippen LogP contribution in [0.3, 0.4) is 0 Å². The number of ether oxygens (including phenoxy) is 4. The van der Waals surface area contributed by atoms with E-state index in [1.165, 1.54) is 12.3 Å². The van der Waals surface area contributed by atoms with Crippen molar-refractivity contribution in [2.24, 2.45) is 0 Å². The van der Waals surface area contributed by atoms with E-state index in [4.69, 9.17) is 18.9 Å². The molecule has 1 N–H and O–H groups in total. The van der Waals surface area contributed by atoms with Crippen molar-refractivity contribution in [2.45, 2.75) is 18.6 Å². The summed E-state index contributed by atoms with van der Waals surface area (Å²) in [6, 6.07) is 11.6. The van der Waals surface area contributed by atoms with E-state index >= 15 is 0 Å². The number of carbonyl (C=O) groups is 1. The number of aromatic nitrogens is 2. The van der Waals surface area contributed by atoms with Gasteiger partial charge in [0.25, 0.3) is 5.91 Å². The molecule has 0 unspecified atom stereocenters. The zero-order valence-corrected chi connectivity index (χ0v) is 18.8. The Labute approximate surface area is 200 Å². The Bertz CT molecular complexity index is 1270. The maximum absolute atomic E-state index is 14.4. The number of fused-ring (bicyclic) bond motifs is 1. The van der Waals surface area contributed by atoms with Crippen molar-refractivity contribution in [1.82, 2.24) is 14.9 Å². The fraction of sp³-hybridized carbons (Fsp3) is 0.320. The van der Waals surface area contributed by atoms with E-state index in [9.17, 15) is 9.18 Å². The topological polar surface area (TPSA) is 95.0 Å². The molecule has 10 heteroatoms. The highest BCUT2D eigenvalue weighted by Gasteiger charge is 2.41. The molecular weight excluding hydrogens is 455 g/mol. The molecule has 3 aliphatic rings. The van der Waals surface area contributed by atoms with Gasteiger partial charge in [-0.2, -0.15) is 0 Å². The number of hydrogen-bond acceptors (Lipinski definition) is 8. The first-order valence-electron chi connectivity index (χ1n) is 11.5. The minimum atomic E-state index is -0.593. The SMILES string of the molecule is O=C(c1cnc(-c2ccc3c(c2)OCO3)nc1Nc1ccccc1F)N1CCC2(CC1)OCCO2. The molecule has 35 heavy (non-hydrogen) atoms. The second kappa shape index (κ2) is 8.79. The molecule has 0 aliphatic carbocycles. The van der Waals surface area contributed by atoms with E-state index in [1.807, 2.05) is 6.07 Å². The molecule has 1 aromatic heterocycles. The number of carbonyl (C=O) groups excluding carboxylic acids is 1. The van der Waals surface area contributed by atoms with Crippen molar-refractivity contribution < 1.29 is 28.1 Å². The van der Waals surface area contributed by atoms with Gasteiger partial charge in [0.1, 0.15) is 17.2 Å². The van der Waals surface area contributed by atoms with Gasteiger partial charge < -0.3 is 29.2 Å². The Kier molecular flexibility index (Phi) is 5.46. The van der Waals surface area contributed by atoms with Gasteiger partial charge in [-0.05, 0) is 30.3 Å². The molecular formula is C25H23FN4O5. The third-order valence-electron chi connectivity index (χ3n) is 6.40. The molecule has 2 fully saturated rings. The summed E-state index contributed by atoms with van der Waals surface area (Å²) in [5, 5.41) is 2.99. The standard InChI is InChI=1S/C25H23FN4O5/c26-18-3-1-2-4-19(18)28-23-17(24(31)30-9-7-25(8-10-30)34-11-12-35-25)14-27-22(29-23)16-5-6-20-21(13-16)33-15-32-20/h1-6,13-14H,7-12,15H2,(H,27,28,29). The van der Waals surface area contributed by atoms with Crippen LogP contribution in [-0.2, 0) is 9.47 Å². The molecule has 3 aromatic rings. The predicted octanol–water partition coefficient (Wildman–Crippen LogP) is 3.73. The Morgan fingerprint density at radius 2 is 1.80 bits per heavy atom. The average molecular weight is 478 g/mol. The molecule has 0 atom stereocenters. The summed E-state index contributed by atoms with van der Waals surface area (Å²) in [6.45, 7) is 2.24. The van der Waals surface area contributed by atoms with Crippen LogP contribution in [0.15, 0.2) is 48.7 Å². The minimum Gasteiger partial charge on any atom is -0.454 e. The van der Waals surface area contributed by atoms with Crippen LogP contribution >= 0.6 is 0 Å². The van der Waals surface area contributed by atoms with E-state index in [0.717, 1.165) is 0 Å². The van der Waals surface area contributed by atoms with Crippen LogP contribution in [0.4, 0.5) is 15.9 Å². The van der Waals surface area contributed by atoms with Gasteiger partial charge in [0.05, 0.1) is 18.9 Å². The third kappa shape index (κ3) is 4.15. The number of halogens is 1. The van der Waals surface area contributed by atoms with Crippen molar-refractivity contribution in [3.05, 3.63) is 60.0 Å². The summed E-state index contributed by atoms with van der Waals surface area (Å²) in [5.74, 6) is 0.529. The van der Waals surface area contributed by atoms with Crippen molar-refractivity contribution in [1.29, 1.82) is 0 Å². The van der Waals surface area contributed by atoms with Gasteiger partial charge in [-0.15, -0.1) is 0 Å². The van der Waals surface area contributed by atoms with Crippen LogP contribution in [0.1, 0.15) is 23.2 Å². The molecule has 1 amide bonds. The second-order valence-electron chi connectivity index (χ2n) is 8.53. The monoisotopic (exact) mass is 478 g/mol. The van der Waals surface area contributed by atoms with E-state index in [1.54, 1.807) is 35.2 Å². The number of likely N-dealkylation sites (tertiary alicyclic amines) is 1. The highest BCUT2D eigenvalue weighted by Crippen LogP contribution is 2.36. The number of hydrogen-bond donors (Lipinski definition) is 1. The molecule has 0 radical (unpaired) electrons. The molecule has 3 aliphatic heterocycles. The van der Waals surface area contributed by atoms with Gasteiger partial charge in [-0.3, -0.25) is 4.79 Å². The summed E-state index contributed by atoms with van der Waals surface area (Å²) in [7, 11) is 0. The number of nitrogens with one attached hydrogen (secondary N) is 1. The van der Waals surface area contributed by atoms with Crippen molar-refractivity contribution in [3.63, 3.8) is 0 Å². The minimum absolute atomic E-state index is 0.153. The highest BCUT2D eigenvalue weighted by atomic mass is 19.1. The normalized spacial score (nSPS) is 18.1. The molecule has 2 aromatic carbocycles. The lowest BCUT2D eigenvalue weighted by molar-refractivity contribution is -0.181. The zero-order chi connectivity index (χ0) is 23.8. The maximum Gasteiger partial charge on any atom is 0.259 e. The fourth-order valence-corrected chi connectivity index (χ4v) is 4.51. The smallest absolute Gasteiger partial charge is 0.259 e. The lowest BCUT2D eigenvalue weighted by Gasteiger charge is -2.37. The molecule has 2 saturated heterocycles. The van der Waals surface area contributed by atoms with E-state index in [-0.39, 0.29) is 29.8 Å². The number of benzene rings is 2. The number of rotatable bonds is 4. The number of nitrogens with zero attached hydrogens (tertiary/aromatic N) is 3. The molecule has 0 saturated carbocycles. The van der Waals surface area contributed by atoms with Crippen molar-refractivity contribution in [2.75, 3.05) is 38.4 Å². The lowest BCUT2D eigenvalue weighted by atomic mass is 10.0. The molecule has 0 bridgehead atoms. The van der Waals surface area contributed by atoms with Crippen LogP contribution in [0, 0.1) is 5.82 Å². The first-order chi connectivity index (χ1) is 17.1. The van der Waals surface area contributed by atoms with Gasteiger partial charge in [0.15, 0.2) is 23.1 Å². The average Bonchev–Trinajstić information content (AvgIpc) is 3.55. The Morgan fingerprint density at radius 3 is 2.60 bits per heavy atom. The lowest BCUT2D eigenvalue weighted by Crippen LogP contribution is -2.47. The van der Waals surface area contributed by atoms with Crippen LogP contribution in [-0.4, -0.2) is 59.7 Å². The number of amides is 1. The Balaban J connectivity index is 1.32. The zero-order valence-electron chi connectivity index (χ0n) is 18.8. The van der Waals surface area contributed by atoms with Crippen LogP contribution in [0.5, 0.6) is 11.5 Å². The summed E-state index contributed by atoms with van der Waals surface area (Å²) in [6.07, 6.45) is 2.65. The van der Waals surface area contributed by atoms with Crippen molar-refractivity contribution in [3.8, 4) is 22.9 Å². The summed E-state index contributed by atoms with van der Waals surface area (Å²) >= 11 is 0. The predicted molar refractivity (Wildman–Crippen MR) is 123 cm³/mol. The largest absolute Gasteiger partial charge is 0.454 e. The quantitative estimate of drug-likeness (QED) is 0.606. The van der Waals surface area contributed by atoms with Gasteiger partial charge >= 0.3 is 0 Å². The van der Waals surface area contributed by atoms with Crippen LogP contribution in [0.25, 0.3) is 11.4 Å². The first-order valence-corrected chi connectivity index (χ1v) is 11.5. The fourth-order valence-electron chi connectivity index (χ4n) is 4.51. The highest BCUT2D eigenvalue weighted by molar-refractivity contribution is 5.99. The van der Waals surface area contributed by atoms with Gasteiger partial charge in [-0.25, -0.2) is 14.4 Å².